The maximum absolute atomic E-state index is 13.9. The molecule has 2 bridgehead atoms. The number of alkyl halides is 4. The predicted molar refractivity (Wildman–Crippen MR) is 245 cm³/mol. The minimum atomic E-state index is -1.99. The van der Waals surface area contributed by atoms with Crippen molar-refractivity contribution in [1.29, 1.82) is 0 Å². The van der Waals surface area contributed by atoms with Crippen LogP contribution in [0.1, 0.15) is 76.2 Å². The summed E-state index contributed by atoms with van der Waals surface area (Å²) < 4.78 is 45.0. The van der Waals surface area contributed by atoms with Crippen molar-refractivity contribution in [3.8, 4) is 0 Å². The fourth-order valence-electron chi connectivity index (χ4n) is 6.07. The maximum Gasteiger partial charge on any atom is 0.322 e. The second-order valence-electron chi connectivity index (χ2n) is 19.1. The van der Waals surface area contributed by atoms with Gasteiger partial charge in [0.1, 0.15) is 79.8 Å². The lowest BCUT2D eigenvalue weighted by Gasteiger charge is -2.33. The highest BCUT2D eigenvalue weighted by Gasteiger charge is 2.60. The van der Waals surface area contributed by atoms with E-state index in [9.17, 15) is 43.2 Å². The van der Waals surface area contributed by atoms with Crippen molar-refractivity contribution in [2.45, 2.75) is 106 Å². The van der Waals surface area contributed by atoms with E-state index in [0.717, 1.165) is 4.90 Å². The number of nitrogens with zero attached hydrogens (tertiary/aromatic N) is 1. The molecule has 3 rings (SSSR count). The van der Waals surface area contributed by atoms with Crippen LogP contribution in [-0.4, -0.2) is 154 Å². The number of halogens is 4. The summed E-state index contributed by atoms with van der Waals surface area (Å²) in [5, 5.41) is 0. The Bertz CT molecular complexity index is 1730. The van der Waals surface area contributed by atoms with Gasteiger partial charge >= 0.3 is 41.8 Å². The normalized spacial score (nSPS) is 19.8. The Balaban J connectivity index is 1.81. The second kappa shape index (κ2) is 22.2. The van der Waals surface area contributed by atoms with Crippen molar-refractivity contribution < 1.29 is 85.8 Å². The van der Waals surface area contributed by atoms with Gasteiger partial charge in [-0.05, 0) is 76.2 Å². The predicted octanol–water partition coefficient (Wildman–Crippen LogP) is 4.46. The molecular formula is C43H59Br4NO18. The highest BCUT2D eigenvalue weighted by atomic mass is 79.9. The van der Waals surface area contributed by atoms with E-state index in [1.807, 2.05) is 0 Å². The zero-order valence-electron chi connectivity index (χ0n) is 38.8. The van der Waals surface area contributed by atoms with Crippen LogP contribution in [0.4, 0.5) is 0 Å². The van der Waals surface area contributed by atoms with E-state index in [4.69, 9.17) is 42.6 Å². The molecule has 19 nitrogen and oxygen atoms in total. The van der Waals surface area contributed by atoms with Crippen LogP contribution in [-0.2, 0) is 85.8 Å². The molecule has 0 saturated carbocycles. The number of carbonyl (C=O) groups excluding carboxylic acids is 9. The Hall–Kier alpha value is -2.99. The molecule has 66 heavy (non-hydrogen) atoms. The Morgan fingerprint density at radius 3 is 1.02 bits per heavy atom. The summed E-state index contributed by atoms with van der Waals surface area (Å²) in [5.41, 5.74) is -5.66. The number of hydrogen-bond acceptors (Lipinski definition) is 18. The zero-order valence-corrected chi connectivity index (χ0v) is 45.2. The highest BCUT2D eigenvalue weighted by Crippen LogP contribution is 2.45. The molecule has 0 aromatic rings. The van der Waals surface area contributed by atoms with Gasteiger partial charge in [-0.2, -0.15) is 0 Å². The molecule has 3 heterocycles. The Morgan fingerprint density at radius 2 is 0.727 bits per heavy atom. The number of rotatable bonds is 25. The Kier molecular flexibility index (Phi) is 19.3. The largest absolute Gasteiger partial charge is 0.464 e. The average Bonchev–Trinajstić information content (AvgIpc) is 3.91. The van der Waals surface area contributed by atoms with Crippen LogP contribution in [0.3, 0.4) is 0 Å². The third kappa shape index (κ3) is 15.0. The van der Waals surface area contributed by atoms with Gasteiger partial charge in [0.2, 0.25) is 11.8 Å². The SMILES string of the molecule is CC(C)(Br)C(=O)OCC(C)(COC(=O)C(C)(C)Br)C(=O)OCC(C)(COC(=O)C(C)(COC(=O)C(C)(C)Br)COC(=O)C(C)(C)Br)C(=O)OCCOCCN1C(=O)C2C3C=CC(O3)[C@@H]2C1=O. The smallest absolute Gasteiger partial charge is 0.322 e. The summed E-state index contributed by atoms with van der Waals surface area (Å²) in [5.74, 6) is -8.09. The Labute approximate surface area is 417 Å². The van der Waals surface area contributed by atoms with Crippen LogP contribution in [0.2, 0.25) is 0 Å². The van der Waals surface area contributed by atoms with E-state index in [0.29, 0.717) is 0 Å². The summed E-state index contributed by atoms with van der Waals surface area (Å²) in [4.78, 5) is 120. The number of carbonyl (C=O) groups is 9. The Morgan fingerprint density at radius 1 is 0.455 bits per heavy atom. The van der Waals surface area contributed by atoms with E-state index in [2.05, 4.69) is 63.7 Å². The lowest BCUT2D eigenvalue weighted by molar-refractivity contribution is -0.182. The third-order valence-corrected chi connectivity index (χ3v) is 11.8. The van der Waals surface area contributed by atoms with E-state index in [1.165, 1.54) is 76.2 Å². The summed E-state index contributed by atoms with van der Waals surface area (Å²) >= 11 is 12.8. The number of hydrogen-bond donors (Lipinski definition) is 0. The van der Waals surface area contributed by atoms with Crippen LogP contribution < -0.4 is 0 Å². The molecular weight excluding hydrogens is 1140 g/mol. The number of esters is 7. The third-order valence-electron chi connectivity index (χ3n) is 10.5. The van der Waals surface area contributed by atoms with Gasteiger partial charge in [-0.25, -0.2) is 0 Å². The first-order valence-corrected chi connectivity index (χ1v) is 24.0. The lowest BCUT2D eigenvalue weighted by Crippen LogP contribution is -2.47. The number of ether oxygens (including phenoxy) is 9. The van der Waals surface area contributed by atoms with Crippen LogP contribution in [0.15, 0.2) is 12.2 Å². The molecule has 0 spiro atoms. The van der Waals surface area contributed by atoms with Crippen molar-refractivity contribution in [2.75, 3.05) is 66.0 Å². The first kappa shape index (κ1) is 57.3. The molecule has 0 N–H and O–H groups in total. The standard InChI is InChI=1S/C43H59Br4NO18/c1-37(2,44)30(51)60-18-42(10,19-61-31(52)38(3,4)45)35(56)64-22-41(9,23-65-36(57)43(11,20-62-32(53)39(5,6)46)21-63-33(54)40(7,8)47)34(55)59-17-16-58-15-14-48-28(49)26-24-12-13-25(66-24)27(26)29(48)50/h12-13,24-27H,14-23H2,1-11H3/t24?,25?,26-,27?/m0/s1. The van der Waals surface area contributed by atoms with E-state index >= 15 is 0 Å². The molecule has 372 valence electrons. The fraction of sp³-hybridized carbons (Fsp3) is 0.744. The van der Waals surface area contributed by atoms with Crippen molar-refractivity contribution in [3.63, 3.8) is 0 Å². The molecule has 3 unspecified atom stereocenters. The monoisotopic (exact) mass is 1190 g/mol. The minimum absolute atomic E-state index is 0.0466. The van der Waals surface area contributed by atoms with Crippen molar-refractivity contribution >= 4 is 117 Å². The number of fused-ring (bicyclic) bond motifs is 5. The summed E-state index contributed by atoms with van der Waals surface area (Å²) in [6.07, 6.45) is 2.66. The quantitative estimate of drug-likeness (QED) is 0.0306. The maximum atomic E-state index is 13.9. The lowest BCUT2D eigenvalue weighted by atomic mass is 9.85. The molecule has 0 aromatic heterocycles. The molecule has 3 aliphatic rings. The molecule has 0 aliphatic carbocycles. The minimum Gasteiger partial charge on any atom is -0.464 e. The van der Waals surface area contributed by atoms with Crippen molar-refractivity contribution in [1.82, 2.24) is 4.90 Å². The number of likely N-dealkylation sites (tertiary alicyclic amines) is 1. The van der Waals surface area contributed by atoms with Gasteiger partial charge in [0.25, 0.3) is 0 Å². The molecule has 0 radical (unpaired) electrons. The van der Waals surface area contributed by atoms with Crippen LogP contribution in [0.25, 0.3) is 0 Å². The van der Waals surface area contributed by atoms with Crippen molar-refractivity contribution in [3.05, 3.63) is 12.2 Å². The molecule has 2 amide bonds. The molecule has 4 atom stereocenters. The van der Waals surface area contributed by atoms with Crippen LogP contribution in [0, 0.1) is 28.1 Å². The van der Waals surface area contributed by atoms with E-state index in [-0.39, 0.29) is 38.2 Å². The first-order chi connectivity index (χ1) is 30.1. The van der Waals surface area contributed by atoms with Gasteiger partial charge in [0.15, 0.2) is 0 Å². The molecule has 0 aromatic carbocycles. The second-order valence-corrected chi connectivity index (χ2v) is 27.0. The molecule has 2 fully saturated rings. The van der Waals surface area contributed by atoms with Gasteiger partial charge in [0, 0.05) is 0 Å². The first-order valence-electron chi connectivity index (χ1n) is 20.8. The van der Waals surface area contributed by atoms with Crippen LogP contribution in [0.5, 0.6) is 0 Å². The van der Waals surface area contributed by atoms with Gasteiger partial charge in [-0.3, -0.25) is 48.1 Å². The van der Waals surface area contributed by atoms with Gasteiger partial charge in [-0.1, -0.05) is 75.9 Å². The van der Waals surface area contributed by atoms with Gasteiger partial charge in [0.05, 0.1) is 43.8 Å². The van der Waals surface area contributed by atoms with Gasteiger partial charge in [-0.15, -0.1) is 0 Å². The number of amides is 2. The topological polar surface area (TPSA) is 240 Å². The summed E-state index contributed by atoms with van der Waals surface area (Å²) in [6.45, 7) is 11.2. The molecule has 2 saturated heterocycles. The van der Waals surface area contributed by atoms with E-state index < -0.39 is 139 Å². The van der Waals surface area contributed by atoms with E-state index in [1.54, 1.807) is 12.2 Å². The summed E-state index contributed by atoms with van der Waals surface area (Å²) in [7, 11) is 0. The van der Waals surface area contributed by atoms with Crippen molar-refractivity contribution in [2.24, 2.45) is 28.1 Å². The molecule has 23 heteroatoms. The average molecular weight is 1200 g/mol. The molecule has 3 aliphatic heterocycles. The number of imide groups is 1. The van der Waals surface area contributed by atoms with Crippen LogP contribution >= 0.6 is 63.7 Å². The summed E-state index contributed by atoms with van der Waals surface area (Å²) in [6, 6.07) is 0. The highest BCUT2D eigenvalue weighted by molar-refractivity contribution is 9.10. The fourth-order valence-corrected chi connectivity index (χ4v) is 6.53. The van der Waals surface area contributed by atoms with Gasteiger partial charge < -0.3 is 42.6 Å². The zero-order chi connectivity index (χ0) is 50.4.